The van der Waals surface area contributed by atoms with Gasteiger partial charge in [0, 0.05) is 26.2 Å². The van der Waals surface area contributed by atoms with Crippen LogP contribution in [-0.2, 0) is 11.8 Å². The van der Waals surface area contributed by atoms with Crippen molar-refractivity contribution in [2.24, 2.45) is 18.9 Å². The van der Waals surface area contributed by atoms with Gasteiger partial charge in [-0.3, -0.25) is 14.8 Å². The Balaban J connectivity index is 1.72. The van der Waals surface area contributed by atoms with Crippen LogP contribution in [0.4, 0.5) is 10.6 Å². The number of rotatable bonds is 3. The van der Waals surface area contributed by atoms with Crippen LogP contribution in [-0.4, -0.2) is 44.9 Å². The molecule has 0 bridgehead atoms. The van der Waals surface area contributed by atoms with E-state index in [-0.39, 0.29) is 18.5 Å². The molecule has 25 heavy (non-hydrogen) atoms. The lowest BCUT2D eigenvalue weighted by molar-refractivity contribution is -0.143. The lowest BCUT2D eigenvalue weighted by Gasteiger charge is -2.34. The number of aliphatic carboxylic acids is 1. The molecule has 2 unspecified atom stereocenters. The summed E-state index contributed by atoms with van der Waals surface area (Å²) in [6.07, 6.45) is 0.591. The second-order valence-corrected chi connectivity index (χ2v) is 8.07. The summed E-state index contributed by atoms with van der Waals surface area (Å²) in [6, 6.07) is 5.15. The molecule has 9 heteroatoms. The Morgan fingerprint density at radius 2 is 2.16 bits per heavy atom. The number of urea groups is 1. The molecule has 2 amide bonds. The van der Waals surface area contributed by atoms with Gasteiger partial charge in [0.25, 0.3) is 0 Å². The highest BCUT2D eigenvalue weighted by Crippen LogP contribution is 2.31. The van der Waals surface area contributed by atoms with E-state index in [0.29, 0.717) is 23.1 Å². The fourth-order valence-corrected chi connectivity index (χ4v) is 4.04. The Morgan fingerprint density at radius 1 is 1.40 bits per heavy atom. The first-order valence-corrected chi connectivity index (χ1v) is 9.11. The first kappa shape index (κ1) is 17.8. The summed E-state index contributed by atoms with van der Waals surface area (Å²) in [7, 11) is 1.74. The zero-order valence-corrected chi connectivity index (χ0v) is 15.5. The molecule has 2 aromatic rings. The number of aromatic nitrogens is 2. The molecule has 1 fully saturated rings. The number of nitrogens with zero attached hydrogens (tertiary/aromatic N) is 3. The number of hydrogen-bond donors (Lipinski definition) is 2. The molecule has 3 heterocycles. The van der Waals surface area contributed by atoms with Gasteiger partial charge in [0.1, 0.15) is 11.5 Å². The number of hydrogen-bond acceptors (Lipinski definition) is 4. The summed E-state index contributed by atoms with van der Waals surface area (Å²) >= 11 is 7.37. The Kier molecular flexibility index (Phi) is 5.01. The maximum atomic E-state index is 12.5. The molecular formula is C16H19ClN4O3S. The normalized spacial score (nSPS) is 20.5. The van der Waals surface area contributed by atoms with E-state index in [9.17, 15) is 14.7 Å². The highest BCUT2D eigenvalue weighted by Gasteiger charge is 2.32. The van der Waals surface area contributed by atoms with E-state index in [1.54, 1.807) is 28.8 Å². The van der Waals surface area contributed by atoms with Crippen LogP contribution in [0.3, 0.4) is 0 Å². The maximum Gasteiger partial charge on any atom is 0.323 e. The summed E-state index contributed by atoms with van der Waals surface area (Å²) in [5.41, 5.74) is 0.727. The fourth-order valence-electron chi connectivity index (χ4n) is 3.04. The van der Waals surface area contributed by atoms with Gasteiger partial charge in [-0.25, -0.2) is 4.79 Å². The van der Waals surface area contributed by atoms with Crippen LogP contribution in [0.2, 0.25) is 4.34 Å². The molecule has 2 N–H and O–H groups in total. The molecule has 1 aliphatic heterocycles. The molecule has 2 atom stereocenters. The second-order valence-electron chi connectivity index (χ2n) is 6.35. The Bertz CT molecular complexity index is 803. The number of piperidine rings is 1. The summed E-state index contributed by atoms with van der Waals surface area (Å²) in [4.78, 5) is 26.3. The number of aryl methyl sites for hydroxylation is 1. The Morgan fingerprint density at radius 3 is 2.80 bits per heavy atom. The van der Waals surface area contributed by atoms with Crippen LogP contribution < -0.4 is 5.32 Å². The molecule has 1 aliphatic rings. The van der Waals surface area contributed by atoms with Gasteiger partial charge in [0.15, 0.2) is 0 Å². The van der Waals surface area contributed by atoms with Gasteiger partial charge >= 0.3 is 12.0 Å². The zero-order valence-electron chi connectivity index (χ0n) is 13.9. The molecule has 3 rings (SSSR count). The molecule has 0 spiro atoms. The monoisotopic (exact) mass is 382 g/mol. The first-order valence-electron chi connectivity index (χ1n) is 7.92. The third-order valence-corrected chi connectivity index (χ3v) is 5.49. The van der Waals surface area contributed by atoms with Gasteiger partial charge in [-0.15, -0.1) is 11.3 Å². The van der Waals surface area contributed by atoms with E-state index in [4.69, 9.17) is 11.6 Å². The standard InChI is InChI=1S/C16H19ClN4O3S/c1-9-5-10(15(22)23)8-21(7-9)16(24)18-14-6-11(19-20(14)2)12-3-4-13(17)25-12/h3-4,6,9-10H,5,7-8H2,1-2H3,(H,18,24)(H,22,23). The molecule has 1 saturated heterocycles. The summed E-state index contributed by atoms with van der Waals surface area (Å²) in [5.74, 6) is -0.683. The molecule has 7 nitrogen and oxygen atoms in total. The largest absolute Gasteiger partial charge is 0.481 e. The lowest BCUT2D eigenvalue weighted by atomic mass is 9.91. The quantitative estimate of drug-likeness (QED) is 0.851. The maximum absolute atomic E-state index is 12.5. The minimum atomic E-state index is -0.859. The number of halogens is 1. The molecule has 0 aromatic carbocycles. The van der Waals surface area contributed by atoms with Crippen molar-refractivity contribution in [1.29, 1.82) is 0 Å². The SMILES string of the molecule is CC1CC(C(=O)O)CN(C(=O)Nc2cc(-c3ccc(Cl)s3)nn2C)C1. The topological polar surface area (TPSA) is 87.5 Å². The minimum absolute atomic E-state index is 0.149. The van der Waals surface area contributed by atoms with E-state index in [1.807, 2.05) is 13.0 Å². The number of carboxylic acids is 1. The van der Waals surface area contributed by atoms with Gasteiger partial charge < -0.3 is 10.0 Å². The predicted octanol–water partition coefficient (Wildman–Crippen LogP) is 3.38. The van der Waals surface area contributed by atoms with Gasteiger partial charge in [-0.1, -0.05) is 18.5 Å². The van der Waals surface area contributed by atoms with Crippen molar-refractivity contribution in [2.75, 3.05) is 18.4 Å². The van der Waals surface area contributed by atoms with Crippen molar-refractivity contribution >= 4 is 40.8 Å². The van der Waals surface area contributed by atoms with E-state index in [2.05, 4.69) is 10.4 Å². The molecular weight excluding hydrogens is 364 g/mol. The smallest absolute Gasteiger partial charge is 0.323 e. The molecule has 0 aliphatic carbocycles. The number of anilines is 1. The van der Waals surface area contributed by atoms with Crippen LogP contribution in [0.5, 0.6) is 0 Å². The number of nitrogens with one attached hydrogen (secondary N) is 1. The fraction of sp³-hybridized carbons (Fsp3) is 0.438. The van der Waals surface area contributed by atoms with E-state index in [0.717, 1.165) is 10.6 Å². The molecule has 2 aromatic heterocycles. The highest BCUT2D eigenvalue weighted by molar-refractivity contribution is 7.19. The van der Waals surface area contributed by atoms with Crippen LogP contribution in [0.1, 0.15) is 13.3 Å². The number of thiophene rings is 1. The second kappa shape index (κ2) is 7.05. The lowest BCUT2D eigenvalue weighted by Crippen LogP contribution is -2.47. The van der Waals surface area contributed by atoms with Crippen LogP contribution >= 0.6 is 22.9 Å². The molecule has 0 radical (unpaired) electrons. The third-order valence-electron chi connectivity index (χ3n) is 4.24. The van der Waals surface area contributed by atoms with Gasteiger partial charge in [0.2, 0.25) is 0 Å². The van der Waals surface area contributed by atoms with E-state index in [1.165, 1.54) is 11.3 Å². The van der Waals surface area contributed by atoms with Crippen LogP contribution in [0.15, 0.2) is 18.2 Å². The van der Waals surface area contributed by atoms with Crippen molar-refractivity contribution in [3.63, 3.8) is 0 Å². The van der Waals surface area contributed by atoms with E-state index >= 15 is 0 Å². The summed E-state index contributed by atoms with van der Waals surface area (Å²) in [5, 5.41) is 16.5. The highest BCUT2D eigenvalue weighted by atomic mass is 35.5. The number of carbonyl (C=O) groups is 2. The number of carbonyl (C=O) groups excluding carboxylic acids is 1. The Labute approximate surface area is 154 Å². The average molecular weight is 383 g/mol. The van der Waals surface area contributed by atoms with Gasteiger partial charge in [0.05, 0.1) is 15.1 Å². The van der Waals surface area contributed by atoms with Crippen molar-refractivity contribution < 1.29 is 14.7 Å². The van der Waals surface area contributed by atoms with Gasteiger partial charge in [-0.05, 0) is 24.5 Å². The number of carboxylic acid groups (broad SMARTS) is 1. The molecule has 0 saturated carbocycles. The van der Waals surface area contributed by atoms with Gasteiger partial charge in [-0.2, -0.15) is 5.10 Å². The van der Waals surface area contributed by atoms with Crippen molar-refractivity contribution in [3.8, 4) is 10.6 Å². The van der Waals surface area contributed by atoms with Crippen molar-refractivity contribution in [3.05, 3.63) is 22.5 Å². The minimum Gasteiger partial charge on any atom is -0.481 e. The van der Waals surface area contributed by atoms with E-state index < -0.39 is 11.9 Å². The van der Waals surface area contributed by atoms with Crippen molar-refractivity contribution in [1.82, 2.24) is 14.7 Å². The van der Waals surface area contributed by atoms with Crippen LogP contribution in [0, 0.1) is 11.8 Å². The number of likely N-dealkylation sites (tertiary alicyclic amines) is 1. The predicted molar refractivity (Wildman–Crippen MR) is 97.0 cm³/mol. The zero-order chi connectivity index (χ0) is 18.1. The summed E-state index contributed by atoms with van der Waals surface area (Å²) < 4.78 is 2.26. The van der Waals surface area contributed by atoms with Crippen LogP contribution in [0.25, 0.3) is 10.6 Å². The number of amides is 2. The van der Waals surface area contributed by atoms with Crippen molar-refractivity contribution in [2.45, 2.75) is 13.3 Å². The molecule has 134 valence electrons. The Hall–Kier alpha value is -2.06. The summed E-state index contributed by atoms with van der Waals surface area (Å²) in [6.45, 7) is 2.72. The first-order chi connectivity index (χ1) is 11.8. The third kappa shape index (κ3) is 3.96. The average Bonchev–Trinajstić information content (AvgIpc) is 3.13.